The molecular weight excluding hydrogens is 253 g/mol. The average molecular weight is 273 g/mol. The molecule has 0 aliphatic heterocycles. The molecule has 2 nitrogen and oxygen atoms in total. The van der Waals surface area contributed by atoms with E-state index in [1.165, 1.54) is 6.07 Å². The first-order chi connectivity index (χ1) is 9.54. The Morgan fingerprint density at radius 1 is 1.05 bits per heavy atom. The van der Waals surface area contributed by atoms with Crippen LogP contribution < -0.4 is 10.1 Å². The van der Waals surface area contributed by atoms with Crippen molar-refractivity contribution in [3.8, 4) is 11.5 Å². The van der Waals surface area contributed by atoms with Crippen molar-refractivity contribution in [1.29, 1.82) is 0 Å². The van der Waals surface area contributed by atoms with Gasteiger partial charge in [0.15, 0.2) is 0 Å². The maximum absolute atomic E-state index is 14.1. The standard InChI is InChI=1S/C17H20FNO/c1-11-7-5-8-12(2)17(11)20-15-10-6-9-14(18)16(15)13(3)19-4/h5-10,13,19H,1-4H3. The largest absolute Gasteiger partial charge is 0.456 e. The fraction of sp³-hybridized carbons (Fsp3) is 0.294. The summed E-state index contributed by atoms with van der Waals surface area (Å²) in [5.41, 5.74) is 2.63. The summed E-state index contributed by atoms with van der Waals surface area (Å²) in [6, 6.07) is 10.8. The summed E-state index contributed by atoms with van der Waals surface area (Å²) in [5, 5.41) is 3.06. The van der Waals surface area contributed by atoms with Crippen molar-refractivity contribution in [2.45, 2.75) is 26.8 Å². The summed E-state index contributed by atoms with van der Waals surface area (Å²) in [7, 11) is 1.81. The van der Waals surface area contributed by atoms with E-state index in [9.17, 15) is 4.39 Å². The van der Waals surface area contributed by atoms with E-state index in [2.05, 4.69) is 5.32 Å². The molecule has 1 atom stereocenters. The molecule has 0 spiro atoms. The van der Waals surface area contributed by atoms with E-state index >= 15 is 0 Å². The fourth-order valence-electron chi connectivity index (χ4n) is 2.24. The van der Waals surface area contributed by atoms with Gasteiger partial charge in [0.2, 0.25) is 0 Å². The Kier molecular flexibility index (Phi) is 4.40. The molecule has 1 unspecified atom stereocenters. The number of rotatable bonds is 4. The predicted molar refractivity (Wildman–Crippen MR) is 79.9 cm³/mol. The third-order valence-electron chi connectivity index (χ3n) is 3.50. The molecule has 0 bridgehead atoms. The SMILES string of the molecule is CNC(C)c1c(F)cccc1Oc1c(C)cccc1C. The van der Waals surface area contributed by atoms with Gasteiger partial charge in [-0.1, -0.05) is 24.3 Å². The summed E-state index contributed by atoms with van der Waals surface area (Å²) in [4.78, 5) is 0. The minimum atomic E-state index is -0.254. The Morgan fingerprint density at radius 3 is 2.25 bits per heavy atom. The second-order valence-electron chi connectivity index (χ2n) is 4.99. The highest BCUT2D eigenvalue weighted by Crippen LogP contribution is 2.34. The van der Waals surface area contributed by atoms with Crippen LogP contribution in [0.25, 0.3) is 0 Å². The van der Waals surface area contributed by atoms with Crippen LogP contribution in [0.1, 0.15) is 29.7 Å². The van der Waals surface area contributed by atoms with Gasteiger partial charge in [0, 0.05) is 11.6 Å². The number of ether oxygens (including phenoxy) is 1. The molecule has 106 valence electrons. The van der Waals surface area contributed by atoms with Crippen molar-refractivity contribution >= 4 is 0 Å². The molecule has 0 fully saturated rings. The van der Waals surface area contributed by atoms with Crippen LogP contribution in [0.5, 0.6) is 11.5 Å². The zero-order valence-corrected chi connectivity index (χ0v) is 12.3. The lowest BCUT2D eigenvalue weighted by Gasteiger charge is -2.19. The van der Waals surface area contributed by atoms with Crippen molar-refractivity contribution in [2.75, 3.05) is 7.05 Å². The van der Waals surface area contributed by atoms with Crippen LogP contribution in [-0.4, -0.2) is 7.05 Å². The predicted octanol–water partition coefficient (Wildman–Crippen LogP) is 4.52. The highest BCUT2D eigenvalue weighted by atomic mass is 19.1. The van der Waals surface area contributed by atoms with Crippen LogP contribution in [-0.2, 0) is 0 Å². The third-order valence-corrected chi connectivity index (χ3v) is 3.50. The van der Waals surface area contributed by atoms with Gasteiger partial charge in [-0.2, -0.15) is 0 Å². The van der Waals surface area contributed by atoms with Gasteiger partial charge in [-0.25, -0.2) is 4.39 Å². The fourth-order valence-corrected chi connectivity index (χ4v) is 2.24. The lowest BCUT2D eigenvalue weighted by molar-refractivity contribution is 0.447. The zero-order chi connectivity index (χ0) is 14.7. The van der Waals surface area contributed by atoms with Crippen LogP contribution in [0.4, 0.5) is 4.39 Å². The number of hydrogen-bond donors (Lipinski definition) is 1. The van der Waals surface area contributed by atoms with Gasteiger partial charge in [0.25, 0.3) is 0 Å². The van der Waals surface area contributed by atoms with Crippen LogP contribution in [0.15, 0.2) is 36.4 Å². The highest BCUT2D eigenvalue weighted by molar-refractivity contribution is 5.46. The molecule has 0 aromatic heterocycles. The van der Waals surface area contributed by atoms with E-state index in [1.54, 1.807) is 19.2 Å². The van der Waals surface area contributed by atoms with Crippen molar-refractivity contribution in [2.24, 2.45) is 0 Å². The second-order valence-corrected chi connectivity index (χ2v) is 4.99. The molecule has 0 saturated heterocycles. The number of aryl methyl sites for hydroxylation is 2. The molecule has 1 N–H and O–H groups in total. The monoisotopic (exact) mass is 273 g/mol. The molecule has 0 radical (unpaired) electrons. The molecule has 2 aromatic carbocycles. The number of nitrogens with one attached hydrogen (secondary N) is 1. The van der Waals surface area contributed by atoms with Crippen molar-refractivity contribution < 1.29 is 9.13 Å². The minimum absolute atomic E-state index is 0.115. The summed E-state index contributed by atoms with van der Waals surface area (Å²) < 4.78 is 20.1. The second kappa shape index (κ2) is 6.06. The van der Waals surface area contributed by atoms with E-state index in [0.717, 1.165) is 16.9 Å². The topological polar surface area (TPSA) is 21.3 Å². The third kappa shape index (κ3) is 2.83. The lowest BCUT2D eigenvalue weighted by Crippen LogP contribution is -2.15. The molecule has 0 aliphatic rings. The Balaban J connectivity index is 2.46. The van der Waals surface area contributed by atoms with Gasteiger partial charge in [-0.3, -0.25) is 0 Å². The number of hydrogen-bond acceptors (Lipinski definition) is 2. The van der Waals surface area contributed by atoms with Gasteiger partial charge in [0.05, 0.1) is 0 Å². The van der Waals surface area contributed by atoms with Gasteiger partial charge >= 0.3 is 0 Å². The van der Waals surface area contributed by atoms with Gasteiger partial charge in [-0.15, -0.1) is 0 Å². The van der Waals surface area contributed by atoms with E-state index in [0.29, 0.717) is 11.3 Å². The number of benzene rings is 2. The molecular formula is C17H20FNO. The lowest BCUT2D eigenvalue weighted by atomic mass is 10.1. The smallest absolute Gasteiger partial charge is 0.135 e. The molecule has 20 heavy (non-hydrogen) atoms. The van der Waals surface area contributed by atoms with Gasteiger partial charge < -0.3 is 10.1 Å². The molecule has 3 heteroatoms. The van der Waals surface area contributed by atoms with Crippen molar-refractivity contribution in [1.82, 2.24) is 5.32 Å². The molecule has 0 saturated carbocycles. The summed E-state index contributed by atoms with van der Waals surface area (Å²) in [5.74, 6) is 1.10. The minimum Gasteiger partial charge on any atom is -0.456 e. The van der Waals surface area contributed by atoms with Crippen LogP contribution >= 0.6 is 0 Å². The molecule has 2 aromatic rings. The summed E-state index contributed by atoms with van der Waals surface area (Å²) in [6.07, 6.45) is 0. The van der Waals surface area contributed by atoms with E-state index in [1.807, 2.05) is 39.0 Å². The molecule has 0 aliphatic carbocycles. The Hall–Kier alpha value is -1.87. The van der Waals surface area contributed by atoms with Gasteiger partial charge in [-0.05, 0) is 51.1 Å². The summed E-state index contributed by atoms with van der Waals surface area (Å²) >= 11 is 0. The zero-order valence-electron chi connectivity index (χ0n) is 12.3. The average Bonchev–Trinajstić information content (AvgIpc) is 2.42. The van der Waals surface area contributed by atoms with Crippen LogP contribution in [0, 0.1) is 19.7 Å². The van der Waals surface area contributed by atoms with Crippen molar-refractivity contribution in [3.63, 3.8) is 0 Å². The highest BCUT2D eigenvalue weighted by Gasteiger charge is 2.17. The number of halogens is 1. The first kappa shape index (κ1) is 14.5. The maximum Gasteiger partial charge on any atom is 0.135 e. The van der Waals surface area contributed by atoms with E-state index in [-0.39, 0.29) is 11.9 Å². The first-order valence-corrected chi connectivity index (χ1v) is 6.74. The molecule has 0 amide bonds. The normalized spacial score (nSPS) is 12.2. The molecule has 0 heterocycles. The maximum atomic E-state index is 14.1. The molecule has 2 rings (SSSR count). The quantitative estimate of drug-likeness (QED) is 0.884. The Morgan fingerprint density at radius 2 is 1.65 bits per heavy atom. The first-order valence-electron chi connectivity index (χ1n) is 6.74. The van der Waals surface area contributed by atoms with E-state index < -0.39 is 0 Å². The Bertz CT molecular complexity index is 590. The number of para-hydroxylation sites is 1. The van der Waals surface area contributed by atoms with Crippen LogP contribution in [0.3, 0.4) is 0 Å². The van der Waals surface area contributed by atoms with Crippen LogP contribution in [0.2, 0.25) is 0 Å². The van der Waals surface area contributed by atoms with Crippen molar-refractivity contribution in [3.05, 3.63) is 58.9 Å². The summed E-state index contributed by atoms with van der Waals surface area (Å²) in [6.45, 7) is 5.89. The Labute approximate surface area is 119 Å². The van der Waals surface area contributed by atoms with Gasteiger partial charge in [0.1, 0.15) is 17.3 Å². The van der Waals surface area contributed by atoms with E-state index in [4.69, 9.17) is 4.74 Å².